The molecule has 0 aliphatic carbocycles. The van der Waals surface area contributed by atoms with Gasteiger partial charge < -0.3 is 9.64 Å². The molecule has 27 heavy (non-hydrogen) atoms. The van der Waals surface area contributed by atoms with Crippen molar-refractivity contribution in [3.63, 3.8) is 0 Å². The number of aromatic nitrogens is 4. The predicted molar refractivity (Wildman–Crippen MR) is 104 cm³/mol. The topological polar surface area (TPSA) is 73.1 Å². The van der Waals surface area contributed by atoms with E-state index in [1.165, 1.54) is 0 Å². The number of nitrogens with zero attached hydrogens (tertiary/aromatic N) is 5. The van der Waals surface area contributed by atoms with Crippen LogP contribution in [0.15, 0.2) is 41.7 Å². The Morgan fingerprint density at radius 1 is 1.15 bits per heavy atom. The molecule has 1 fully saturated rings. The van der Waals surface area contributed by atoms with E-state index in [0.29, 0.717) is 29.1 Å². The summed E-state index contributed by atoms with van der Waals surface area (Å²) in [6.07, 6.45) is 7.15. The van der Waals surface area contributed by atoms with Crippen LogP contribution in [0, 0.1) is 12.8 Å². The molecule has 0 radical (unpaired) electrons. The zero-order valence-corrected chi connectivity index (χ0v) is 15.6. The number of hydrogen-bond acceptors (Lipinski definition) is 6. The molecule has 1 aromatic carbocycles. The Morgan fingerprint density at radius 3 is 2.67 bits per heavy atom. The van der Waals surface area contributed by atoms with Gasteiger partial charge in [-0.15, -0.1) is 0 Å². The Balaban J connectivity index is 1.47. The SMILES string of the molecule is COc1ccc2c(=O)n(CC3CCN(c4nccnc4C)CC3)cnc2c1. The Labute approximate surface area is 157 Å². The molecule has 2 aromatic heterocycles. The molecule has 1 aliphatic heterocycles. The number of methoxy groups -OCH3 is 1. The van der Waals surface area contributed by atoms with Gasteiger partial charge in [-0.05, 0) is 37.8 Å². The van der Waals surface area contributed by atoms with Gasteiger partial charge in [0.1, 0.15) is 11.6 Å². The minimum atomic E-state index is 0.00912. The van der Waals surface area contributed by atoms with E-state index in [0.717, 1.165) is 37.4 Å². The first-order chi connectivity index (χ1) is 13.2. The van der Waals surface area contributed by atoms with Crippen molar-refractivity contribution in [2.45, 2.75) is 26.3 Å². The Hall–Kier alpha value is -2.96. The van der Waals surface area contributed by atoms with Crippen molar-refractivity contribution in [3.05, 3.63) is 53.0 Å². The van der Waals surface area contributed by atoms with Crippen molar-refractivity contribution in [1.29, 1.82) is 0 Å². The van der Waals surface area contributed by atoms with Crippen LogP contribution in [0.3, 0.4) is 0 Å². The van der Waals surface area contributed by atoms with Crippen molar-refractivity contribution in [3.8, 4) is 5.75 Å². The summed E-state index contributed by atoms with van der Waals surface area (Å²) in [4.78, 5) is 28.3. The standard InChI is InChI=1S/C20H23N5O2/c1-14-19(22-8-7-21-14)24-9-5-15(6-10-24)12-25-13-23-18-11-16(27-2)3-4-17(18)20(25)26/h3-4,7-8,11,13,15H,5-6,9-10,12H2,1-2H3. The molecule has 0 saturated carbocycles. The fourth-order valence-electron chi connectivity index (χ4n) is 3.71. The lowest BCUT2D eigenvalue weighted by Crippen LogP contribution is -2.37. The predicted octanol–water partition coefficient (Wildman–Crippen LogP) is 2.42. The molecule has 7 nitrogen and oxygen atoms in total. The van der Waals surface area contributed by atoms with E-state index >= 15 is 0 Å². The maximum Gasteiger partial charge on any atom is 0.261 e. The summed E-state index contributed by atoms with van der Waals surface area (Å²) in [6, 6.07) is 5.39. The van der Waals surface area contributed by atoms with Crippen molar-refractivity contribution < 1.29 is 4.74 Å². The Kier molecular flexibility index (Phi) is 4.75. The van der Waals surface area contributed by atoms with Gasteiger partial charge in [0.25, 0.3) is 5.56 Å². The van der Waals surface area contributed by atoms with E-state index in [-0.39, 0.29) is 5.56 Å². The fraction of sp³-hybridized carbons (Fsp3) is 0.400. The highest BCUT2D eigenvalue weighted by Crippen LogP contribution is 2.24. The summed E-state index contributed by atoms with van der Waals surface area (Å²) in [7, 11) is 1.61. The molecule has 0 unspecified atom stereocenters. The number of fused-ring (bicyclic) bond motifs is 1. The van der Waals surface area contributed by atoms with Gasteiger partial charge in [-0.25, -0.2) is 9.97 Å². The maximum atomic E-state index is 12.8. The fourth-order valence-corrected chi connectivity index (χ4v) is 3.71. The molecular formula is C20H23N5O2. The van der Waals surface area contributed by atoms with Gasteiger partial charge in [0.2, 0.25) is 0 Å². The van der Waals surface area contributed by atoms with Gasteiger partial charge in [-0.3, -0.25) is 14.3 Å². The van der Waals surface area contributed by atoms with Crippen LogP contribution in [-0.4, -0.2) is 39.7 Å². The molecule has 4 rings (SSSR count). The molecule has 0 bridgehead atoms. The van der Waals surface area contributed by atoms with Crippen molar-refractivity contribution in [1.82, 2.24) is 19.5 Å². The second kappa shape index (κ2) is 7.34. The van der Waals surface area contributed by atoms with Gasteiger partial charge in [-0.2, -0.15) is 0 Å². The lowest BCUT2D eigenvalue weighted by atomic mass is 9.96. The minimum absolute atomic E-state index is 0.00912. The number of rotatable bonds is 4. The third-order valence-corrected chi connectivity index (χ3v) is 5.26. The van der Waals surface area contributed by atoms with Gasteiger partial charge in [-0.1, -0.05) is 0 Å². The normalized spacial score (nSPS) is 15.3. The number of ether oxygens (including phenoxy) is 1. The highest BCUT2D eigenvalue weighted by Gasteiger charge is 2.22. The summed E-state index contributed by atoms with van der Waals surface area (Å²) in [5, 5.41) is 0.630. The number of hydrogen-bond donors (Lipinski definition) is 0. The van der Waals surface area contributed by atoms with Crippen molar-refractivity contribution >= 4 is 16.7 Å². The van der Waals surface area contributed by atoms with E-state index in [1.807, 2.05) is 6.92 Å². The van der Waals surface area contributed by atoms with Gasteiger partial charge in [0.05, 0.1) is 30.0 Å². The number of benzene rings is 1. The minimum Gasteiger partial charge on any atom is -0.497 e. The zero-order valence-electron chi connectivity index (χ0n) is 15.6. The first kappa shape index (κ1) is 17.5. The summed E-state index contributed by atoms with van der Waals surface area (Å²) in [5.41, 5.74) is 1.64. The molecule has 3 heterocycles. The van der Waals surface area contributed by atoms with E-state index < -0.39 is 0 Å². The van der Waals surface area contributed by atoms with Gasteiger partial charge in [0.15, 0.2) is 0 Å². The van der Waals surface area contributed by atoms with Crippen LogP contribution in [0.2, 0.25) is 0 Å². The van der Waals surface area contributed by atoms with Crippen molar-refractivity contribution in [2.24, 2.45) is 5.92 Å². The van der Waals surface area contributed by atoms with Crippen LogP contribution >= 0.6 is 0 Å². The average Bonchev–Trinajstić information content (AvgIpc) is 2.71. The molecule has 140 valence electrons. The largest absolute Gasteiger partial charge is 0.497 e. The van der Waals surface area contributed by atoms with Crippen LogP contribution in [0.4, 0.5) is 5.82 Å². The quantitative estimate of drug-likeness (QED) is 0.707. The van der Waals surface area contributed by atoms with Crippen LogP contribution in [0.25, 0.3) is 10.9 Å². The third-order valence-electron chi connectivity index (χ3n) is 5.26. The summed E-state index contributed by atoms with van der Waals surface area (Å²) < 4.78 is 6.94. The van der Waals surface area contributed by atoms with E-state index in [4.69, 9.17) is 4.74 Å². The molecule has 1 aliphatic rings. The van der Waals surface area contributed by atoms with E-state index in [2.05, 4.69) is 19.9 Å². The summed E-state index contributed by atoms with van der Waals surface area (Å²) in [6.45, 7) is 4.54. The van der Waals surface area contributed by atoms with Gasteiger partial charge in [0, 0.05) is 38.1 Å². The molecule has 3 aromatic rings. The van der Waals surface area contributed by atoms with Crippen LogP contribution in [-0.2, 0) is 6.54 Å². The molecule has 7 heteroatoms. The first-order valence-corrected chi connectivity index (χ1v) is 9.21. The molecular weight excluding hydrogens is 342 g/mol. The average molecular weight is 365 g/mol. The lowest BCUT2D eigenvalue weighted by Gasteiger charge is -2.33. The number of anilines is 1. The van der Waals surface area contributed by atoms with Crippen LogP contribution in [0.5, 0.6) is 5.75 Å². The number of aryl methyl sites for hydroxylation is 1. The lowest BCUT2D eigenvalue weighted by molar-refractivity contribution is 0.351. The van der Waals surface area contributed by atoms with Crippen molar-refractivity contribution in [2.75, 3.05) is 25.1 Å². The Morgan fingerprint density at radius 2 is 1.93 bits per heavy atom. The molecule has 1 saturated heterocycles. The highest BCUT2D eigenvalue weighted by molar-refractivity contribution is 5.78. The summed E-state index contributed by atoms with van der Waals surface area (Å²) in [5.74, 6) is 2.13. The highest BCUT2D eigenvalue weighted by atomic mass is 16.5. The molecule has 0 atom stereocenters. The monoisotopic (exact) mass is 365 g/mol. The maximum absolute atomic E-state index is 12.8. The summed E-state index contributed by atoms with van der Waals surface area (Å²) >= 11 is 0. The first-order valence-electron chi connectivity index (χ1n) is 9.21. The molecule has 0 spiro atoms. The van der Waals surface area contributed by atoms with Crippen LogP contribution in [0.1, 0.15) is 18.5 Å². The second-order valence-electron chi connectivity index (χ2n) is 6.98. The molecule has 0 N–H and O–H groups in total. The Bertz CT molecular complexity index is 1010. The van der Waals surface area contributed by atoms with E-state index in [1.54, 1.807) is 48.6 Å². The van der Waals surface area contributed by atoms with Gasteiger partial charge >= 0.3 is 0 Å². The number of piperidine rings is 1. The smallest absolute Gasteiger partial charge is 0.261 e. The zero-order chi connectivity index (χ0) is 18.8. The van der Waals surface area contributed by atoms with E-state index in [9.17, 15) is 4.79 Å². The molecule has 0 amide bonds. The third kappa shape index (κ3) is 3.49. The van der Waals surface area contributed by atoms with Crippen LogP contribution < -0.4 is 15.2 Å². The second-order valence-corrected chi connectivity index (χ2v) is 6.98.